The van der Waals surface area contributed by atoms with E-state index in [-0.39, 0.29) is 10.8 Å². The molecule has 0 aliphatic heterocycles. The SMILES string of the molecule is CC1(C)C2=C(CC3C(=C2)c2cc(-c4ccc(-c5ccc(-c6nc(-c7ccccc7)c(-c7ccccc7)nc6-c6ccccc6)cc5)cc4)ccc2C3(C)C)c2ccccc21. The Kier molecular flexibility index (Phi) is 8.36. The number of benzene rings is 7. The fraction of sp³-hybridized carbons (Fsp3) is 0.138. The average molecular weight is 771 g/mol. The highest BCUT2D eigenvalue weighted by Crippen LogP contribution is 2.61. The maximum atomic E-state index is 5.44. The predicted octanol–water partition coefficient (Wildman–Crippen LogP) is 14.9. The molecular weight excluding hydrogens is 725 g/mol. The largest absolute Gasteiger partial charge is 0.243 e. The summed E-state index contributed by atoms with van der Waals surface area (Å²) in [6.07, 6.45) is 3.67. The lowest BCUT2D eigenvalue weighted by Crippen LogP contribution is -2.26. The van der Waals surface area contributed by atoms with Gasteiger partial charge in [-0.25, -0.2) is 9.97 Å². The zero-order valence-corrected chi connectivity index (χ0v) is 34.6. The summed E-state index contributed by atoms with van der Waals surface area (Å²) < 4.78 is 0. The molecule has 3 aliphatic carbocycles. The number of hydrogen-bond donors (Lipinski definition) is 0. The molecule has 0 fully saturated rings. The number of allylic oxidation sites excluding steroid dienone is 4. The van der Waals surface area contributed by atoms with E-state index < -0.39 is 0 Å². The lowest BCUT2D eigenvalue weighted by molar-refractivity contribution is 0.417. The quantitative estimate of drug-likeness (QED) is 0.168. The van der Waals surface area contributed by atoms with Crippen LogP contribution in [0.5, 0.6) is 0 Å². The second-order valence-corrected chi connectivity index (χ2v) is 17.8. The first-order chi connectivity index (χ1) is 29.3. The summed E-state index contributed by atoms with van der Waals surface area (Å²) in [6.45, 7) is 9.70. The van der Waals surface area contributed by atoms with E-state index in [4.69, 9.17) is 9.97 Å². The maximum absolute atomic E-state index is 5.44. The van der Waals surface area contributed by atoms with Gasteiger partial charge in [0.2, 0.25) is 0 Å². The molecule has 7 aromatic carbocycles. The molecule has 1 unspecified atom stereocenters. The highest BCUT2D eigenvalue weighted by atomic mass is 14.9. The van der Waals surface area contributed by atoms with Crippen LogP contribution < -0.4 is 0 Å². The van der Waals surface area contributed by atoms with E-state index in [0.717, 1.165) is 51.5 Å². The van der Waals surface area contributed by atoms with Crippen LogP contribution >= 0.6 is 0 Å². The van der Waals surface area contributed by atoms with E-state index in [1.165, 1.54) is 55.7 Å². The summed E-state index contributed by atoms with van der Waals surface area (Å²) in [7, 11) is 0. The van der Waals surface area contributed by atoms with Gasteiger partial charge in [0.1, 0.15) is 0 Å². The Bertz CT molecular complexity index is 3010. The Morgan fingerprint density at radius 3 is 1.33 bits per heavy atom. The summed E-state index contributed by atoms with van der Waals surface area (Å²) in [6, 6.07) is 65.4. The van der Waals surface area contributed by atoms with Crippen LogP contribution in [-0.2, 0) is 10.8 Å². The van der Waals surface area contributed by atoms with Gasteiger partial charge in [0, 0.05) is 27.7 Å². The molecule has 8 aromatic rings. The van der Waals surface area contributed by atoms with Crippen molar-refractivity contribution in [3.63, 3.8) is 0 Å². The van der Waals surface area contributed by atoms with Crippen molar-refractivity contribution >= 4 is 11.1 Å². The first-order valence-corrected chi connectivity index (χ1v) is 21.3. The molecule has 0 amide bonds. The first kappa shape index (κ1) is 36.2. The zero-order chi connectivity index (χ0) is 40.6. The Hall–Kier alpha value is -6.90. The van der Waals surface area contributed by atoms with E-state index in [2.05, 4.69) is 198 Å². The topological polar surface area (TPSA) is 25.8 Å². The number of nitrogens with zero attached hydrogens (tertiary/aromatic N) is 2. The Balaban J connectivity index is 0.929. The van der Waals surface area contributed by atoms with Crippen molar-refractivity contribution in [1.82, 2.24) is 9.97 Å². The van der Waals surface area contributed by atoms with Crippen LogP contribution in [0.15, 0.2) is 194 Å². The summed E-state index contributed by atoms with van der Waals surface area (Å²) in [4.78, 5) is 10.8. The van der Waals surface area contributed by atoms with E-state index >= 15 is 0 Å². The molecule has 11 rings (SSSR count). The van der Waals surface area contributed by atoms with Gasteiger partial charge in [0.15, 0.2) is 0 Å². The van der Waals surface area contributed by atoms with Crippen LogP contribution in [0.2, 0.25) is 0 Å². The number of rotatable bonds is 6. The standard InChI is InChI=1S/C58H46N2/c1-57(2)49-23-15-14-22-45(49)47-35-52-48(36-51(47)57)46-34-44(32-33-50(46)58(52,3)4)39-26-24-37(25-27-39)38-28-30-43(31-29-38)56-55(42-20-12-7-13-21-42)59-53(40-16-8-5-9-17-40)54(60-56)41-18-10-6-11-19-41/h5-34,36,52H,35H2,1-4H3. The maximum Gasteiger partial charge on any atom is 0.0973 e. The van der Waals surface area contributed by atoms with Crippen LogP contribution in [0.3, 0.4) is 0 Å². The molecule has 2 heteroatoms. The minimum absolute atomic E-state index is 0.0120. The number of aromatic nitrogens is 2. The van der Waals surface area contributed by atoms with Crippen molar-refractivity contribution in [1.29, 1.82) is 0 Å². The highest BCUT2D eigenvalue weighted by Gasteiger charge is 2.48. The molecule has 2 nitrogen and oxygen atoms in total. The van der Waals surface area contributed by atoms with Gasteiger partial charge in [-0.1, -0.05) is 210 Å². The van der Waals surface area contributed by atoms with Crippen LogP contribution in [0.1, 0.15) is 56.4 Å². The minimum Gasteiger partial charge on any atom is -0.243 e. The van der Waals surface area contributed by atoms with Gasteiger partial charge >= 0.3 is 0 Å². The van der Waals surface area contributed by atoms with Crippen LogP contribution in [0.4, 0.5) is 0 Å². The van der Waals surface area contributed by atoms with Crippen molar-refractivity contribution < 1.29 is 0 Å². The summed E-state index contributed by atoms with van der Waals surface area (Å²) in [5.41, 5.74) is 22.9. The molecule has 0 bridgehead atoms. The lowest BCUT2D eigenvalue weighted by atomic mass is 9.70. The molecule has 1 atom stereocenters. The summed E-state index contributed by atoms with van der Waals surface area (Å²) in [5, 5.41) is 0. The zero-order valence-electron chi connectivity index (χ0n) is 34.6. The van der Waals surface area contributed by atoms with Crippen LogP contribution in [0, 0.1) is 5.92 Å². The van der Waals surface area contributed by atoms with Crippen molar-refractivity contribution in [3.05, 3.63) is 216 Å². The Morgan fingerprint density at radius 1 is 0.400 bits per heavy atom. The molecular formula is C58H46N2. The molecule has 1 heterocycles. The molecule has 288 valence electrons. The average Bonchev–Trinajstić information content (AvgIpc) is 3.67. The van der Waals surface area contributed by atoms with Crippen molar-refractivity contribution in [2.75, 3.05) is 0 Å². The fourth-order valence-corrected chi connectivity index (χ4v) is 10.3. The second-order valence-electron chi connectivity index (χ2n) is 17.8. The van der Waals surface area contributed by atoms with E-state index in [1.807, 2.05) is 18.2 Å². The van der Waals surface area contributed by atoms with Gasteiger partial charge in [-0.15, -0.1) is 0 Å². The Labute approximate surface area is 353 Å². The summed E-state index contributed by atoms with van der Waals surface area (Å²) in [5.74, 6) is 0.468. The molecule has 0 saturated heterocycles. The van der Waals surface area contributed by atoms with Crippen LogP contribution in [-0.4, -0.2) is 9.97 Å². The lowest BCUT2D eigenvalue weighted by Gasteiger charge is -2.33. The number of fused-ring (bicyclic) bond motifs is 5. The monoisotopic (exact) mass is 770 g/mol. The summed E-state index contributed by atoms with van der Waals surface area (Å²) >= 11 is 0. The molecule has 60 heavy (non-hydrogen) atoms. The minimum atomic E-state index is 0.0120. The van der Waals surface area contributed by atoms with Gasteiger partial charge in [0.25, 0.3) is 0 Å². The smallest absolute Gasteiger partial charge is 0.0973 e. The van der Waals surface area contributed by atoms with E-state index in [0.29, 0.717) is 5.92 Å². The molecule has 0 spiro atoms. The van der Waals surface area contributed by atoms with Gasteiger partial charge < -0.3 is 0 Å². The molecule has 3 aliphatic rings. The van der Waals surface area contributed by atoms with Gasteiger partial charge in [-0.05, 0) is 85.0 Å². The van der Waals surface area contributed by atoms with Gasteiger partial charge in [-0.3, -0.25) is 0 Å². The fourth-order valence-electron chi connectivity index (χ4n) is 10.3. The third-order valence-electron chi connectivity index (χ3n) is 13.7. The molecule has 0 saturated carbocycles. The van der Waals surface area contributed by atoms with Crippen molar-refractivity contribution in [2.45, 2.75) is 44.9 Å². The third kappa shape index (κ3) is 5.77. The molecule has 0 N–H and O–H groups in total. The van der Waals surface area contributed by atoms with Crippen molar-refractivity contribution in [2.24, 2.45) is 5.92 Å². The normalized spacial score (nSPS) is 16.7. The van der Waals surface area contributed by atoms with E-state index in [9.17, 15) is 0 Å². The number of hydrogen-bond acceptors (Lipinski definition) is 2. The van der Waals surface area contributed by atoms with E-state index in [1.54, 1.807) is 5.57 Å². The molecule has 0 radical (unpaired) electrons. The third-order valence-corrected chi connectivity index (χ3v) is 13.7. The van der Waals surface area contributed by atoms with Crippen molar-refractivity contribution in [3.8, 4) is 67.3 Å². The second kappa shape index (κ2) is 13.9. The van der Waals surface area contributed by atoms with Gasteiger partial charge in [0.05, 0.1) is 22.8 Å². The van der Waals surface area contributed by atoms with Gasteiger partial charge in [-0.2, -0.15) is 0 Å². The Morgan fingerprint density at radius 2 is 0.817 bits per heavy atom. The first-order valence-electron chi connectivity index (χ1n) is 21.3. The predicted molar refractivity (Wildman–Crippen MR) is 250 cm³/mol. The molecule has 1 aromatic heterocycles. The highest BCUT2D eigenvalue weighted by molar-refractivity contribution is 5.93. The van der Waals surface area contributed by atoms with Crippen LogP contribution in [0.25, 0.3) is 78.4 Å².